The Morgan fingerprint density at radius 2 is 2.20 bits per heavy atom. The first-order valence-electron chi connectivity index (χ1n) is 5.07. The molecule has 0 aliphatic carbocycles. The molecule has 5 nitrogen and oxygen atoms in total. The number of aliphatic hydroxyl groups excluding tert-OH is 1. The number of aryl methyl sites for hydroxylation is 1. The van der Waals surface area contributed by atoms with Crippen molar-refractivity contribution in [3.63, 3.8) is 0 Å². The largest absolute Gasteiger partial charge is 0.394 e. The SMILES string of the molecule is CC.Cc1cnc(=O)[nH]c1N[C@H](C)CO. The molecule has 0 aliphatic rings. The van der Waals surface area contributed by atoms with E-state index in [4.69, 9.17) is 5.11 Å². The molecule has 0 aliphatic heterocycles. The summed E-state index contributed by atoms with van der Waals surface area (Å²) in [6, 6.07) is -0.0863. The van der Waals surface area contributed by atoms with Gasteiger partial charge in [-0.3, -0.25) is 4.98 Å². The zero-order valence-electron chi connectivity index (χ0n) is 9.66. The molecule has 5 heteroatoms. The molecular formula is C10H19N3O2. The van der Waals surface area contributed by atoms with Crippen LogP contribution >= 0.6 is 0 Å². The first kappa shape index (κ1) is 13.6. The van der Waals surface area contributed by atoms with Crippen molar-refractivity contribution in [2.45, 2.75) is 33.7 Å². The summed E-state index contributed by atoms with van der Waals surface area (Å²) in [4.78, 5) is 17.0. The third kappa shape index (κ3) is 4.60. The Morgan fingerprint density at radius 1 is 1.60 bits per heavy atom. The Kier molecular flexibility index (Phi) is 6.37. The smallest absolute Gasteiger partial charge is 0.346 e. The van der Waals surface area contributed by atoms with Crippen LogP contribution in [0.3, 0.4) is 0 Å². The summed E-state index contributed by atoms with van der Waals surface area (Å²) in [5, 5.41) is 11.7. The molecule has 3 N–H and O–H groups in total. The van der Waals surface area contributed by atoms with Gasteiger partial charge in [-0.2, -0.15) is 0 Å². The van der Waals surface area contributed by atoms with Crippen LogP contribution in [-0.2, 0) is 0 Å². The van der Waals surface area contributed by atoms with E-state index in [-0.39, 0.29) is 12.6 Å². The maximum atomic E-state index is 10.8. The van der Waals surface area contributed by atoms with Gasteiger partial charge in [0.25, 0.3) is 0 Å². The fraction of sp³-hybridized carbons (Fsp3) is 0.600. The van der Waals surface area contributed by atoms with Crippen molar-refractivity contribution in [2.75, 3.05) is 11.9 Å². The summed E-state index contributed by atoms with van der Waals surface area (Å²) in [5.74, 6) is 0.613. The zero-order valence-corrected chi connectivity index (χ0v) is 9.66. The molecule has 1 aromatic heterocycles. The summed E-state index contributed by atoms with van der Waals surface area (Å²) < 4.78 is 0. The quantitative estimate of drug-likeness (QED) is 0.697. The van der Waals surface area contributed by atoms with E-state index >= 15 is 0 Å². The highest BCUT2D eigenvalue weighted by molar-refractivity contribution is 5.41. The normalized spacial score (nSPS) is 11.3. The summed E-state index contributed by atoms with van der Waals surface area (Å²) in [6.07, 6.45) is 1.49. The van der Waals surface area contributed by atoms with Gasteiger partial charge in [-0.15, -0.1) is 0 Å². The van der Waals surface area contributed by atoms with E-state index in [0.29, 0.717) is 5.82 Å². The monoisotopic (exact) mass is 213 g/mol. The minimum atomic E-state index is -0.391. The van der Waals surface area contributed by atoms with Gasteiger partial charge in [-0.05, 0) is 13.8 Å². The second-order valence-electron chi connectivity index (χ2n) is 2.97. The fourth-order valence-electron chi connectivity index (χ4n) is 0.900. The maximum Gasteiger partial charge on any atom is 0.346 e. The number of nitrogens with zero attached hydrogens (tertiary/aromatic N) is 1. The van der Waals surface area contributed by atoms with Crippen molar-refractivity contribution in [3.05, 3.63) is 22.2 Å². The van der Waals surface area contributed by atoms with E-state index < -0.39 is 5.69 Å². The average molecular weight is 213 g/mol. The lowest BCUT2D eigenvalue weighted by atomic mass is 10.3. The number of nitrogens with one attached hydrogen (secondary N) is 2. The van der Waals surface area contributed by atoms with Crippen molar-refractivity contribution in [1.82, 2.24) is 9.97 Å². The van der Waals surface area contributed by atoms with Gasteiger partial charge in [0.2, 0.25) is 0 Å². The zero-order chi connectivity index (χ0) is 11.8. The molecule has 86 valence electrons. The first-order valence-corrected chi connectivity index (χ1v) is 5.07. The van der Waals surface area contributed by atoms with Crippen LogP contribution < -0.4 is 11.0 Å². The van der Waals surface area contributed by atoms with Crippen LogP contribution in [0.2, 0.25) is 0 Å². The van der Waals surface area contributed by atoms with E-state index in [1.165, 1.54) is 6.20 Å². The maximum absolute atomic E-state index is 10.8. The third-order valence-corrected chi connectivity index (χ3v) is 1.67. The van der Waals surface area contributed by atoms with Crippen LogP contribution in [0.25, 0.3) is 0 Å². The van der Waals surface area contributed by atoms with Gasteiger partial charge in [0.15, 0.2) is 0 Å². The highest BCUT2D eigenvalue weighted by Gasteiger charge is 2.03. The number of hydrogen-bond acceptors (Lipinski definition) is 4. The lowest BCUT2D eigenvalue weighted by Gasteiger charge is -2.13. The second kappa shape index (κ2) is 7.00. The number of aromatic nitrogens is 2. The molecule has 1 aromatic rings. The number of anilines is 1. The van der Waals surface area contributed by atoms with Crippen LogP contribution in [0.4, 0.5) is 5.82 Å². The van der Waals surface area contributed by atoms with Crippen molar-refractivity contribution >= 4 is 5.82 Å². The van der Waals surface area contributed by atoms with Crippen molar-refractivity contribution in [1.29, 1.82) is 0 Å². The molecule has 0 amide bonds. The van der Waals surface area contributed by atoms with Crippen LogP contribution in [0.1, 0.15) is 26.3 Å². The average Bonchev–Trinajstić information content (AvgIpc) is 2.26. The van der Waals surface area contributed by atoms with Crippen LogP contribution in [-0.4, -0.2) is 27.7 Å². The summed E-state index contributed by atoms with van der Waals surface area (Å²) in [5.41, 5.74) is 0.457. The minimum Gasteiger partial charge on any atom is -0.394 e. The Morgan fingerprint density at radius 3 is 2.73 bits per heavy atom. The number of aliphatic hydroxyl groups is 1. The summed E-state index contributed by atoms with van der Waals surface area (Å²) >= 11 is 0. The van der Waals surface area contributed by atoms with E-state index in [0.717, 1.165) is 5.56 Å². The van der Waals surface area contributed by atoms with Gasteiger partial charge in [0, 0.05) is 17.8 Å². The van der Waals surface area contributed by atoms with Crippen LogP contribution in [0.5, 0.6) is 0 Å². The Balaban J connectivity index is 0.000000921. The van der Waals surface area contributed by atoms with E-state index in [9.17, 15) is 4.79 Å². The Hall–Kier alpha value is -1.36. The number of aromatic amines is 1. The topological polar surface area (TPSA) is 78.0 Å². The molecule has 0 unspecified atom stereocenters. The molecule has 0 fully saturated rings. The lowest BCUT2D eigenvalue weighted by molar-refractivity contribution is 0.281. The number of H-pyrrole nitrogens is 1. The van der Waals surface area contributed by atoms with E-state index in [2.05, 4.69) is 15.3 Å². The molecule has 0 saturated heterocycles. The highest BCUT2D eigenvalue weighted by Crippen LogP contribution is 2.06. The molecule has 0 radical (unpaired) electrons. The van der Waals surface area contributed by atoms with Gasteiger partial charge in [0.05, 0.1) is 6.61 Å². The molecule has 0 saturated carbocycles. The molecule has 0 aromatic carbocycles. The molecule has 0 spiro atoms. The Labute approximate surface area is 89.6 Å². The molecule has 1 rings (SSSR count). The third-order valence-electron chi connectivity index (χ3n) is 1.67. The van der Waals surface area contributed by atoms with E-state index in [1.807, 2.05) is 27.7 Å². The second-order valence-corrected chi connectivity index (χ2v) is 2.97. The summed E-state index contributed by atoms with van der Waals surface area (Å²) in [7, 11) is 0. The predicted octanol–water partition coefficient (Wildman–Crippen LogP) is 0.897. The Bertz CT molecular complexity index is 336. The number of hydrogen-bond donors (Lipinski definition) is 3. The summed E-state index contributed by atoms with van der Waals surface area (Å²) in [6.45, 7) is 7.66. The van der Waals surface area contributed by atoms with Crippen LogP contribution in [0, 0.1) is 6.92 Å². The molecule has 1 heterocycles. The van der Waals surface area contributed by atoms with Crippen molar-refractivity contribution in [2.24, 2.45) is 0 Å². The van der Waals surface area contributed by atoms with Crippen molar-refractivity contribution in [3.8, 4) is 0 Å². The van der Waals surface area contributed by atoms with Gasteiger partial charge in [-0.25, -0.2) is 9.78 Å². The minimum absolute atomic E-state index is 0.0177. The van der Waals surface area contributed by atoms with Crippen LogP contribution in [0.15, 0.2) is 11.0 Å². The van der Waals surface area contributed by atoms with Gasteiger partial charge >= 0.3 is 5.69 Å². The molecule has 15 heavy (non-hydrogen) atoms. The lowest BCUT2D eigenvalue weighted by Crippen LogP contribution is -2.23. The number of rotatable bonds is 3. The molecule has 1 atom stereocenters. The van der Waals surface area contributed by atoms with Crippen molar-refractivity contribution < 1.29 is 5.11 Å². The van der Waals surface area contributed by atoms with E-state index in [1.54, 1.807) is 0 Å². The fourth-order valence-corrected chi connectivity index (χ4v) is 0.900. The molecular weight excluding hydrogens is 194 g/mol. The van der Waals surface area contributed by atoms with Gasteiger partial charge in [-0.1, -0.05) is 13.8 Å². The molecule has 0 bridgehead atoms. The van der Waals surface area contributed by atoms with Gasteiger partial charge in [0.1, 0.15) is 5.82 Å². The van der Waals surface area contributed by atoms with Gasteiger partial charge < -0.3 is 10.4 Å². The highest BCUT2D eigenvalue weighted by atomic mass is 16.3. The standard InChI is InChI=1S/C8H13N3O2.C2H6/c1-5-3-9-8(13)11-7(5)10-6(2)4-12;1-2/h3,6,12H,4H2,1-2H3,(H2,9,10,11,13);1-2H3/t6-;/m1./s1. The first-order chi connectivity index (χ1) is 7.13. The predicted molar refractivity (Wildman–Crippen MR) is 61.1 cm³/mol.